The molecule has 0 spiro atoms. The van der Waals surface area contributed by atoms with Gasteiger partial charge in [0.05, 0.1) is 20.3 Å². The lowest BCUT2D eigenvalue weighted by Crippen LogP contribution is -2.36. The van der Waals surface area contributed by atoms with E-state index < -0.39 is 0 Å². The Morgan fingerprint density at radius 2 is 1.78 bits per heavy atom. The predicted octanol–water partition coefficient (Wildman–Crippen LogP) is 3.53. The summed E-state index contributed by atoms with van der Waals surface area (Å²) >= 11 is 0. The number of para-hydroxylation sites is 1. The van der Waals surface area contributed by atoms with E-state index in [0.29, 0.717) is 19.7 Å². The van der Waals surface area contributed by atoms with Crippen LogP contribution in [-0.4, -0.2) is 65.0 Å². The van der Waals surface area contributed by atoms with Gasteiger partial charge in [-0.25, -0.2) is 4.99 Å². The van der Waals surface area contributed by atoms with Crippen molar-refractivity contribution >= 4 is 29.9 Å². The van der Waals surface area contributed by atoms with Gasteiger partial charge in [-0.15, -0.1) is 24.0 Å². The number of guanidine groups is 1. The van der Waals surface area contributed by atoms with Crippen LogP contribution in [0.2, 0.25) is 0 Å². The molecule has 0 fully saturated rings. The van der Waals surface area contributed by atoms with Gasteiger partial charge < -0.3 is 29.7 Å². The second kappa shape index (κ2) is 16.6. The Morgan fingerprint density at radius 1 is 1.00 bits per heavy atom. The monoisotopic (exact) mass is 556 g/mol. The topological polar surface area (TPSA) is 67.4 Å². The second-order valence-electron chi connectivity index (χ2n) is 7.15. The quantitative estimate of drug-likeness (QED) is 0.224. The maximum atomic E-state index is 5.91. The Labute approximate surface area is 209 Å². The standard InChI is InChI=1S/C24H36N4O3.HI/c1-5-25-24(27-19-21-10-6-7-12-23(21)30-4)26-18-20-9-8-11-22(17-20)31-16-14-28(2)13-15-29-3;/h6-12,17H,5,13-16,18-19H2,1-4H3,(H2,25,26,27);1H. The fraction of sp³-hybridized carbons (Fsp3) is 0.458. The highest BCUT2D eigenvalue weighted by molar-refractivity contribution is 14.0. The van der Waals surface area contributed by atoms with E-state index in [1.165, 1.54) is 0 Å². The first-order chi connectivity index (χ1) is 15.2. The van der Waals surface area contributed by atoms with E-state index in [2.05, 4.69) is 35.6 Å². The number of aliphatic imine (C=N–C) groups is 1. The Hall–Kier alpha value is -2.04. The zero-order chi connectivity index (χ0) is 22.3. The second-order valence-corrected chi connectivity index (χ2v) is 7.15. The molecule has 2 N–H and O–H groups in total. The molecule has 0 radical (unpaired) electrons. The molecule has 7 nitrogen and oxygen atoms in total. The molecule has 0 saturated heterocycles. The first-order valence-electron chi connectivity index (χ1n) is 10.7. The molecule has 178 valence electrons. The molecule has 0 saturated carbocycles. The van der Waals surface area contributed by atoms with Gasteiger partial charge in [0.15, 0.2) is 5.96 Å². The SMILES string of the molecule is CCNC(=NCc1cccc(OCCN(C)CCOC)c1)NCc1ccccc1OC.I. The van der Waals surface area contributed by atoms with Crippen LogP contribution in [-0.2, 0) is 17.8 Å². The first kappa shape index (κ1) is 28.0. The summed E-state index contributed by atoms with van der Waals surface area (Å²) in [4.78, 5) is 6.90. The van der Waals surface area contributed by atoms with Crippen molar-refractivity contribution in [2.75, 3.05) is 54.1 Å². The molecule has 2 rings (SSSR count). The minimum atomic E-state index is 0. The molecular weight excluding hydrogens is 519 g/mol. The van der Waals surface area contributed by atoms with Crippen molar-refractivity contribution in [2.24, 2.45) is 4.99 Å². The number of hydrogen-bond acceptors (Lipinski definition) is 5. The van der Waals surface area contributed by atoms with Crippen molar-refractivity contribution in [3.05, 3.63) is 59.7 Å². The van der Waals surface area contributed by atoms with Crippen molar-refractivity contribution in [3.63, 3.8) is 0 Å². The molecule has 0 bridgehead atoms. The normalized spacial score (nSPS) is 11.1. The van der Waals surface area contributed by atoms with Crippen LogP contribution in [0.3, 0.4) is 0 Å². The number of halogens is 1. The third kappa shape index (κ3) is 10.5. The number of hydrogen-bond donors (Lipinski definition) is 2. The van der Waals surface area contributed by atoms with Gasteiger partial charge in [-0.3, -0.25) is 0 Å². The highest BCUT2D eigenvalue weighted by Crippen LogP contribution is 2.17. The van der Waals surface area contributed by atoms with E-state index in [4.69, 9.17) is 19.2 Å². The summed E-state index contributed by atoms with van der Waals surface area (Å²) in [5.41, 5.74) is 2.18. The maximum absolute atomic E-state index is 5.91. The van der Waals surface area contributed by atoms with E-state index in [1.807, 2.05) is 42.5 Å². The molecule has 0 aliphatic heterocycles. The first-order valence-corrected chi connectivity index (χ1v) is 10.7. The molecule has 0 unspecified atom stereocenters. The predicted molar refractivity (Wildman–Crippen MR) is 141 cm³/mol. The molecule has 0 aliphatic rings. The molecular formula is C24H37IN4O3. The summed E-state index contributed by atoms with van der Waals surface area (Å²) < 4.78 is 16.4. The van der Waals surface area contributed by atoms with Crippen molar-refractivity contribution < 1.29 is 14.2 Å². The van der Waals surface area contributed by atoms with Gasteiger partial charge in [0, 0.05) is 38.9 Å². The maximum Gasteiger partial charge on any atom is 0.191 e. The van der Waals surface area contributed by atoms with Gasteiger partial charge in [0.2, 0.25) is 0 Å². The summed E-state index contributed by atoms with van der Waals surface area (Å²) in [6.45, 7) is 7.14. The lowest BCUT2D eigenvalue weighted by Gasteiger charge is -2.16. The number of ether oxygens (including phenoxy) is 3. The van der Waals surface area contributed by atoms with E-state index in [-0.39, 0.29) is 24.0 Å². The van der Waals surface area contributed by atoms with Crippen molar-refractivity contribution in [2.45, 2.75) is 20.0 Å². The van der Waals surface area contributed by atoms with Crippen LogP contribution in [0.25, 0.3) is 0 Å². The van der Waals surface area contributed by atoms with Crippen LogP contribution in [0.1, 0.15) is 18.1 Å². The van der Waals surface area contributed by atoms with Crippen molar-refractivity contribution in [1.29, 1.82) is 0 Å². The number of nitrogens with zero attached hydrogens (tertiary/aromatic N) is 2. The van der Waals surface area contributed by atoms with Gasteiger partial charge in [0.1, 0.15) is 18.1 Å². The van der Waals surface area contributed by atoms with Gasteiger partial charge in [-0.2, -0.15) is 0 Å². The average Bonchev–Trinajstić information content (AvgIpc) is 2.80. The minimum absolute atomic E-state index is 0. The summed E-state index contributed by atoms with van der Waals surface area (Å²) in [7, 11) is 5.46. The van der Waals surface area contributed by atoms with Crippen molar-refractivity contribution in [3.8, 4) is 11.5 Å². The fourth-order valence-corrected chi connectivity index (χ4v) is 2.95. The number of benzene rings is 2. The molecule has 0 amide bonds. The molecule has 8 heteroatoms. The summed E-state index contributed by atoms with van der Waals surface area (Å²) in [5, 5.41) is 6.66. The van der Waals surface area contributed by atoms with Crippen LogP contribution < -0.4 is 20.1 Å². The van der Waals surface area contributed by atoms with E-state index >= 15 is 0 Å². The Kier molecular flexibility index (Phi) is 14.5. The summed E-state index contributed by atoms with van der Waals surface area (Å²) in [5.74, 6) is 2.49. The Balaban J connectivity index is 0.00000512. The number of methoxy groups -OCH3 is 2. The Morgan fingerprint density at radius 3 is 2.53 bits per heavy atom. The van der Waals surface area contributed by atoms with E-state index in [0.717, 1.165) is 54.8 Å². The largest absolute Gasteiger partial charge is 0.496 e. The molecule has 0 aliphatic carbocycles. The lowest BCUT2D eigenvalue weighted by atomic mass is 10.2. The summed E-state index contributed by atoms with van der Waals surface area (Å²) in [6, 6.07) is 16.1. The van der Waals surface area contributed by atoms with Crippen LogP contribution in [0.4, 0.5) is 0 Å². The van der Waals surface area contributed by atoms with Crippen molar-refractivity contribution in [1.82, 2.24) is 15.5 Å². The molecule has 32 heavy (non-hydrogen) atoms. The number of nitrogens with one attached hydrogen (secondary N) is 2. The van der Waals surface area contributed by atoms with Gasteiger partial charge in [-0.05, 0) is 37.7 Å². The minimum Gasteiger partial charge on any atom is -0.496 e. The summed E-state index contributed by atoms with van der Waals surface area (Å²) in [6.07, 6.45) is 0. The zero-order valence-corrected chi connectivity index (χ0v) is 21.9. The van der Waals surface area contributed by atoms with Gasteiger partial charge in [-0.1, -0.05) is 30.3 Å². The highest BCUT2D eigenvalue weighted by atomic mass is 127. The third-order valence-corrected chi connectivity index (χ3v) is 4.72. The Bertz CT molecular complexity index is 804. The van der Waals surface area contributed by atoms with E-state index in [9.17, 15) is 0 Å². The number of likely N-dealkylation sites (N-methyl/N-ethyl adjacent to an activating group) is 1. The smallest absolute Gasteiger partial charge is 0.191 e. The van der Waals surface area contributed by atoms with E-state index in [1.54, 1.807) is 14.2 Å². The molecule has 2 aromatic rings. The van der Waals surface area contributed by atoms with Gasteiger partial charge in [0.25, 0.3) is 0 Å². The fourth-order valence-electron chi connectivity index (χ4n) is 2.95. The average molecular weight is 556 g/mol. The lowest BCUT2D eigenvalue weighted by molar-refractivity contribution is 0.150. The molecule has 0 aromatic heterocycles. The molecule has 0 heterocycles. The highest BCUT2D eigenvalue weighted by Gasteiger charge is 2.04. The van der Waals surface area contributed by atoms with Gasteiger partial charge >= 0.3 is 0 Å². The van der Waals surface area contributed by atoms with Crippen LogP contribution in [0.5, 0.6) is 11.5 Å². The van der Waals surface area contributed by atoms with Crippen LogP contribution in [0.15, 0.2) is 53.5 Å². The zero-order valence-electron chi connectivity index (χ0n) is 19.6. The molecule has 0 atom stereocenters. The van der Waals surface area contributed by atoms with Crippen LogP contribution in [0, 0.1) is 0 Å². The molecule has 2 aromatic carbocycles. The third-order valence-electron chi connectivity index (χ3n) is 4.72. The van der Waals surface area contributed by atoms with Crippen LogP contribution >= 0.6 is 24.0 Å². The number of rotatable bonds is 13.